The van der Waals surface area contributed by atoms with Crippen LogP contribution in [0.1, 0.15) is 34.8 Å². The Balaban J connectivity index is 1.77. The Morgan fingerprint density at radius 3 is 2.54 bits per heavy atom. The van der Waals surface area contributed by atoms with Gasteiger partial charge in [-0.3, -0.25) is 0 Å². The van der Waals surface area contributed by atoms with Gasteiger partial charge in [-0.05, 0) is 42.6 Å². The lowest BCUT2D eigenvalue weighted by atomic mass is 9.84. The molecule has 3 rings (SSSR count). The van der Waals surface area contributed by atoms with Gasteiger partial charge in [-0.2, -0.15) is 0 Å². The largest absolute Gasteiger partial charge is 0.488 e. The highest BCUT2D eigenvalue weighted by Crippen LogP contribution is 2.38. The molecule has 26 heavy (non-hydrogen) atoms. The summed E-state index contributed by atoms with van der Waals surface area (Å²) in [5.74, 6) is 0.953. The molecule has 0 unspecified atom stereocenters. The molecule has 0 spiro atoms. The third-order valence-corrected chi connectivity index (χ3v) is 6.28. The van der Waals surface area contributed by atoms with Gasteiger partial charge >= 0.3 is 0 Å². The predicted octanol–water partition coefficient (Wildman–Crippen LogP) is 4.39. The van der Waals surface area contributed by atoms with Gasteiger partial charge < -0.3 is 15.2 Å². The number of nitrogens with one attached hydrogen (secondary N) is 1. The minimum absolute atomic E-state index is 0.138. The molecule has 1 aliphatic carbocycles. The van der Waals surface area contributed by atoms with E-state index in [-0.39, 0.29) is 6.04 Å². The molecule has 0 fully saturated rings. The van der Waals surface area contributed by atoms with E-state index >= 15 is 0 Å². The van der Waals surface area contributed by atoms with E-state index in [0.29, 0.717) is 6.61 Å². The monoisotopic (exact) mass is 369 g/mol. The molecule has 2 aromatic rings. The van der Waals surface area contributed by atoms with Crippen LogP contribution in [-0.4, -0.2) is 25.4 Å². The second-order valence-electron chi connectivity index (χ2n) is 8.59. The number of hydrogen-bond acceptors (Lipinski definition) is 3. The van der Waals surface area contributed by atoms with E-state index in [4.69, 9.17) is 4.74 Å². The highest BCUT2D eigenvalue weighted by Gasteiger charge is 2.31. The van der Waals surface area contributed by atoms with Crippen LogP contribution in [0.25, 0.3) is 0 Å². The Labute approximate surface area is 158 Å². The van der Waals surface area contributed by atoms with Crippen LogP contribution in [-0.2, 0) is 13.0 Å². The van der Waals surface area contributed by atoms with Gasteiger partial charge in [0, 0.05) is 11.6 Å². The highest BCUT2D eigenvalue weighted by atomic mass is 28.3. The first-order valence-corrected chi connectivity index (χ1v) is 13.3. The summed E-state index contributed by atoms with van der Waals surface area (Å²) in [6.07, 6.45) is 2.47. The molecule has 2 N–H and O–H groups in total. The zero-order valence-electron chi connectivity index (χ0n) is 16.4. The third-order valence-electron chi connectivity index (χ3n) is 5.02. The molecule has 140 valence electrons. The van der Waals surface area contributed by atoms with Gasteiger partial charge in [0.1, 0.15) is 12.4 Å². The first-order valence-electron chi connectivity index (χ1n) is 9.56. The van der Waals surface area contributed by atoms with Crippen LogP contribution in [0, 0.1) is 6.92 Å². The Morgan fingerprint density at radius 1 is 1.12 bits per heavy atom. The SMILES string of the molecule is Cc1ccc2c(c1OCc1ccccc1)CC[C@@H](NC[Si](C)(C)C)[C@@H]2O. The average molecular weight is 370 g/mol. The fraction of sp³-hybridized carbons (Fsp3) is 0.455. The Bertz CT molecular complexity index is 740. The first kappa shape index (κ1) is 19.1. The first-order chi connectivity index (χ1) is 12.3. The minimum Gasteiger partial charge on any atom is -0.488 e. The van der Waals surface area contributed by atoms with Gasteiger partial charge in [-0.15, -0.1) is 0 Å². The van der Waals surface area contributed by atoms with Crippen LogP contribution >= 0.6 is 0 Å². The minimum atomic E-state index is -1.18. The lowest BCUT2D eigenvalue weighted by molar-refractivity contribution is 0.116. The molecule has 1 aliphatic rings. The average Bonchev–Trinajstić information content (AvgIpc) is 2.60. The topological polar surface area (TPSA) is 41.5 Å². The van der Waals surface area contributed by atoms with Crippen molar-refractivity contribution in [2.24, 2.45) is 0 Å². The lowest BCUT2D eigenvalue weighted by Gasteiger charge is -2.34. The van der Waals surface area contributed by atoms with Crippen molar-refractivity contribution >= 4 is 8.07 Å². The van der Waals surface area contributed by atoms with E-state index in [9.17, 15) is 5.11 Å². The van der Waals surface area contributed by atoms with E-state index in [2.05, 4.69) is 56.1 Å². The van der Waals surface area contributed by atoms with Crippen LogP contribution in [0.15, 0.2) is 42.5 Å². The molecule has 0 bridgehead atoms. The summed E-state index contributed by atoms with van der Waals surface area (Å²) in [4.78, 5) is 0. The molecule has 0 aromatic heterocycles. The van der Waals surface area contributed by atoms with Crippen molar-refractivity contribution in [3.8, 4) is 5.75 Å². The number of benzene rings is 2. The number of aliphatic hydroxyl groups excluding tert-OH is 1. The Hall–Kier alpha value is -1.62. The lowest BCUT2D eigenvalue weighted by Crippen LogP contribution is -2.46. The second-order valence-corrected chi connectivity index (χ2v) is 14.1. The fourth-order valence-corrected chi connectivity index (χ4v) is 4.43. The summed E-state index contributed by atoms with van der Waals surface area (Å²) in [6, 6.07) is 14.5. The number of rotatable bonds is 6. The molecule has 0 saturated carbocycles. The standard InChI is InChI=1S/C22H31NO2Si/c1-16-10-11-18-19(22(16)25-14-17-8-6-5-7-9-17)12-13-20(21(18)24)23-15-26(2,3)4/h5-11,20-21,23-24H,12-15H2,1-4H3/t20-,21-/m1/s1. The molecular formula is C22H31NO2Si. The molecule has 4 heteroatoms. The van der Waals surface area contributed by atoms with Crippen molar-refractivity contribution in [2.75, 3.05) is 6.17 Å². The molecule has 2 atom stereocenters. The maximum absolute atomic E-state index is 10.9. The molecule has 0 aliphatic heterocycles. The summed E-state index contributed by atoms with van der Waals surface area (Å²) >= 11 is 0. The van der Waals surface area contributed by atoms with Gasteiger partial charge in [0.15, 0.2) is 0 Å². The van der Waals surface area contributed by atoms with E-state index in [1.807, 2.05) is 18.2 Å². The van der Waals surface area contributed by atoms with Crippen molar-refractivity contribution in [3.05, 3.63) is 64.7 Å². The third kappa shape index (κ3) is 4.56. The van der Waals surface area contributed by atoms with Crippen LogP contribution in [0.5, 0.6) is 5.75 Å². The van der Waals surface area contributed by atoms with Gasteiger partial charge in [0.2, 0.25) is 0 Å². The van der Waals surface area contributed by atoms with Crippen LogP contribution in [0.2, 0.25) is 19.6 Å². The zero-order chi connectivity index (χ0) is 18.7. The Morgan fingerprint density at radius 2 is 1.85 bits per heavy atom. The molecule has 0 saturated heterocycles. The summed E-state index contributed by atoms with van der Waals surface area (Å²) in [6.45, 7) is 9.69. The van der Waals surface area contributed by atoms with Crippen LogP contribution < -0.4 is 10.1 Å². The molecule has 0 heterocycles. The van der Waals surface area contributed by atoms with E-state index in [0.717, 1.165) is 41.4 Å². The molecule has 3 nitrogen and oxygen atoms in total. The fourth-order valence-electron chi connectivity index (χ4n) is 3.55. The predicted molar refractivity (Wildman–Crippen MR) is 110 cm³/mol. The number of ether oxygens (including phenoxy) is 1. The van der Waals surface area contributed by atoms with E-state index in [1.54, 1.807) is 0 Å². The van der Waals surface area contributed by atoms with Gasteiger partial charge in [-0.1, -0.05) is 62.1 Å². The Kier molecular flexibility index (Phi) is 5.85. The number of hydrogen-bond donors (Lipinski definition) is 2. The maximum atomic E-state index is 10.9. The zero-order valence-corrected chi connectivity index (χ0v) is 17.4. The van der Waals surface area contributed by atoms with Crippen LogP contribution in [0.4, 0.5) is 0 Å². The number of fused-ring (bicyclic) bond motifs is 1. The quantitative estimate of drug-likeness (QED) is 0.742. The second kappa shape index (κ2) is 7.95. The smallest absolute Gasteiger partial charge is 0.126 e. The molecule has 0 radical (unpaired) electrons. The summed E-state index contributed by atoms with van der Waals surface area (Å²) in [7, 11) is -1.18. The van der Waals surface area contributed by atoms with Gasteiger partial charge in [-0.25, -0.2) is 0 Å². The maximum Gasteiger partial charge on any atom is 0.126 e. The molecular weight excluding hydrogens is 338 g/mol. The van der Waals surface area contributed by atoms with Crippen LogP contribution in [0.3, 0.4) is 0 Å². The van der Waals surface area contributed by atoms with Crippen molar-refractivity contribution in [2.45, 2.75) is 58.2 Å². The van der Waals surface area contributed by atoms with Crippen molar-refractivity contribution in [1.82, 2.24) is 5.32 Å². The molecule has 0 amide bonds. The van der Waals surface area contributed by atoms with Crippen molar-refractivity contribution in [1.29, 1.82) is 0 Å². The highest BCUT2D eigenvalue weighted by molar-refractivity contribution is 6.76. The number of aryl methyl sites for hydroxylation is 1. The normalized spacial score (nSPS) is 19.9. The van der Waals surface area contributed by atoms with Crippen molar-refractivity contribution in [3.63, 3.8) is 0 Å². The van der Waals surface area contributed by atoms with E-state index in [1.165, 1.54) is 5.56 Å². The number of aliphatic hydroxyl groups is 1. The van der Waals surface area contributed by atoms with Crippen molar-refractivity contribution < 1.29 is 9.84 Å². The van der Waals surface area contributed by atoms with Gasteiger partial charge in [0.05, 0.1) is 14.2 Å². The summed E-state index contributed by atoms with van der Waals surface area (Å²) in [5, 5.41) is 14.5. The summed E-state index contributed by atoms with van der Waals surface area (Å²) < 4.78 is 6.19. The van der Waals surface area contributed by atoms with Gasteiger partial charge in [0.25, 0.3) is 0 Å². The van der Waals surface area contributed by atoms with E-state index < -0.39 is 14.2 Å². The molecule has 2 aromatic carbocycles. The summed E-state index contributed by atoms with van der Waals surface area (Å²) in [5.41, 5.74) is 4.51.